The van der Waals surface area contributed by atoms with Crippen LogP contribution in [0.15, 0.2) is 18.5 Å². The van der Waals surface area contributed by atoms with Crippen molar-refractivity contribution < 1.29 is 4.79 Å². The fourth-order valence-electron chi connectivity index (χ4n) is 4.83. The van der Waals surface area contributed by atoms with Crippen molar-refractivity contribution in [1.82, 2.24) is 14.9 Å². The van der Waals surface area contributed by atoms with Crippen molar-refractivity contribution in [2.45, 2.75) is 32.6 Å². The first-order chi connectivity index (χ1) is 12.7. The Balaban J connectivity index is 1.41. The number of nitrogens with one attached hydrogen (secondary N) is 1. The van der Waals surface area contributed by atoms with Crippen molar-refractivity contribution in [3.8, 4) is 0 Å². The van der Waals surface area contributed by atoms with Crippen LogP contribution < -0.4 is 5.32 Å². The molecule has 1 amide bonds. The Kier molecular flexibility index (Phi) is 3.96. The van der Waals surface area contributed by atoms with Gasteiger partial charge in [-0.05, 0) is 55.9 Å². The maximum atomic E-state index is 12.9. The van der Waals surface area contributed by atoms with E-state index in [9.17, 15) is 4.79 Å². The van der Waals surface area contributed by atoms with Crippen molar-refractivity contribution >= 4 is 33.3 Å². The lowest BCUT2D eigenvalue weighted by Gasteiger charge is -2.19. The molecule has 5 nitrogen and oxygen atoms in total. The Labute approximate surface area is 157 Å². The molecular formula is C20H24N4OS. The lowest BCUT2D eigenvalue weighted by atomic mass is 9.93. The van der Waals surface area contributed by atoms with Crippen LogP contribution in [-0.4, -0.2) is 40.4 Å². The number of aryl methyl sites for hydroxylation is 1. The van der Waals surface area contributed by atoms with Crippen LogP contribution in [0.3, 0.4) is 0 Å². The largest absolute Gasteiger partial charge is 0.369 e. The molecule has 3 atom stereocenters. The van der Waals surface area contributed by atoms with Gasteiger partial charge in [0.1, 0.15) is 17.0 Å². The van der Waals surface area contributed by atoms with Crippen LogP contribution in [0.4, 0.5) is 5.82 Å². The number of carbonyl (C=O) groups excluding carboxylic acids is 1. The number of rotatable bonds is 4. The predicted octanol–water partition coefficient (Wildman–Crippen LogP) is 3.86. The molecular weight excluding hydrogens is 344 g/mol. The van der Waals surface area contributed by atoms with Crippen LogP contribution >= 0.6 is 11.3 Å². The first-order valence-electron chi connectivity index (χ1n) is 9.66. The van der Waals surface area contributed by atoms with E-state index in [1.54, 1.807) is 6.33 Å². The molecule has 136 valence electrons. The Bertz CT molecular complexity index is 883. The molecule has 2 fully saturated rings. The quantitative estimate of drug-likeness (QED) is 0.833. The van der Waals surface area contributed by atoms with E-state index in [2.05, 4.69) is 27.4 Å². The summed E-state index contributed by atoms with van der Waals surface area (Å²) in [7, 11) is 0. The number of thiophene rings is 1. The minimum atomic E-state index is 0.159. The third-order valence-corrected chi connectivity index (χ3v) is 7.45. The van der Waals surface area contributed by atoms with E-state index >= 15 is 0 Å². The summed E-state index contributed by atoms with van der Waals surface area (Å²) in [5.41, 5.74) is 1.03. The number of allylic oxidation sites excluding steroid dienone is 2. The minimum absolute atomic E-state index is 0.159. The van der Waals surface area contributed by atoms with Gasteiger partial charge in [-0.25, -0.2) is 9.97 Å². The van der Waals surface area contributed by atoms with E-state index in [0.717, 1.165) is 70.8 Å². The molecule has 0 spiro atoms. The molecule has 3 heterocycles. The Morgan fingerprint density at radius 3 is 2.85 bits per heavy atom. The van der Waals surface area contributed by atoms with Gasteiger partial charge >= 0.3 is 0 Å². The zero-order valence-electron chi connectivity index (χ0n) is 15.1. The molecule has 26 heavy (non-hydrogen) atoms. The molecule has 0 aromatic carbocycles. The van der Waals surface area contributed by atoms with Gasteiger partial charge in [-0.2, -0.15) is 0 Å². The van der Waals surface area contributed by atoms with Gasteiger partial charge in [0.2, 0.25) is 0 Å². The summed E-state index contributed by atoms with van der Waals surface area (Å²) in [5, 5.41) is 4.60. The van der Waals surface area contributed by atoms with E-state index in [4.69, 9.17) is 0 Å². The molecule has 0 radical (unpaired) electrons. The first-order valence-corrected chi connectivity index (χ1v) is 10.5. The van der Waals surface area contributed by atoms with Crippen molar-refractivity contribution in [2.75, 3.05) is 25.0 Å². The van der Waals surface area contributed by atoms with Gasteiger partial charge in [0.15, 0.2) is 0 Å². The molecule has 3 aliphatic rings. The Morgan fingerprint density at radius 1 is 1.27 bits per heavy atom. The van der Waals surface area contributed by atoms with Gasteiger partial charge in [0.05, 0.1) is 10.3 Å². The average molecular weight is 369 g/mol. The van der Waals surface area contributed by atoms with Crippen LogP contribution in [0.25, 0.3) is 10.2 Å². The number of carbonyl (C=O) groups is 1. The highest BCUT2D eigenvalue weighted by Crippen LogP contribution is 2.43. The number of anilines is 1. The van der Waals surface area contributed by atoms with Crippen molar-refractivity contribution in [3.05, 3.63) is 28.9 Å². The molecule has 2 aliphatic carbocycles. The topological polar surface area (TPSA) is 58.1 Å². The van der Waals surface area contributed by atoms with Crippen LogP contribution in [0, 0.1) is 24.7 Å². The van der Waals surface area contributed by atoms with Crippen molar-refractivity contribution in [1.29, 1.82) is 0 Å². The normalized spacial score (nSPS) is 27.0. The van der Waals surface area contributed by atoms with Crippen LogP contribution in [-0.2, 0) is 0 Å². The molecule has 5 rings (SSSR count). The number of fused-ring (bicyclic) bond motifs is 3. The second-order valence-corrected chi connectivity index (χ2v) is 8.88. The smallest absolute Gasteiger partial charge is 0.264 e. The average Bonchev–Trinajstić information content (AvgIpc) is 3.43. The van der Waals surface area contributed by atoms with Gasteiger partial charge in [-0.15, -0.1) is 11.3 Å². The highest BCUT2D eigenvalue weighted by atomic mass is 32.1. The molecule has 1 N–H and O–H groups in total. The van der Waals surface area contributed by atoms with Crippen molar-refractivity contribution in [2.24, 2.45) is 17.8 Å². The minimum Gasteiger partial charge on any atom is -0.369 e. The van der Waals surface area contributed by atoms with Crippen LogP contribution in [0.1, 0.15) is 40.9 Å². The van der Waals surface area contributed by atoms with E-state index in [0.29, 0.717) is 5.92 Å². The number of aromatic nitrogens is 2. The number of nitrogens with zero attached hydrogens (tertiary/aromatic N) is 3. The summed E-state index contributed by atoms with van der Waals surface area (Å²) in [5.74, 6) is 3.24. The van der Waals surface area contributed by atoms with Gasteiger partial charge < -0.3 is 10.2 Å². The van der Waals surface area contributed by atoms with Crippen molar-refractivity contribution in [3.63, 3.8) is 0 Å². The number of likely N-dealkylation sites (tertiary alicyclic amines) is 1. The lowest BCUT2D eigenvalue weighted by Crippen LogP contribution is -2.27. The summed E-state index contributed by atoms with van der Waals surface area (Å²) in [6.45, 7) is 4.74. The van der Waals surface area contributed by atoms with Gasteiger partial charge in [0.25, 0.3) is 5.91 Å². The second kappa shape index (κ2) is 6.34. The van der Waals surface area contributed by atoms with Gasteiger partial charge in [-0.3, -0.25) is 4.79 Å². The van der Waals surface area contributed by atoms with E-state index in [1.165, 1.54) is 24.2 Å². The highest BCUT2D eigenvalue weighted by Gasteiger charge is 2.35. The maximum Gasteiger partial charge on any atom is 0.264 e. The zero-order chi connectivity index (χ0) is 17.7. The predicted molar refractivity (Wildman–Crippen MR) is 105 cm³/mol. The molecule has 1 aliphatic heterocycles. The summed E-state index contributed by atoms with van der Waals surface area (Å²) >= 11 is 1.51. The summed E-state index contributed by atoms with van der Waals surface area (Å²) in [4.78, 5) is 25.5. The highest BCUT2D eigenvalue weighted by molar-refractivity contribution is 7.20. The third kappa shape index (κ3) is 2.62. The monoisotopic (exact) mass is 368 g/mol. The SMILES string of the molecule is Cc1c(C(=O)N2CCCC2)sc2ncnc(NC[C@H]3C[C@@H]4C=C[C@H]3C4)c12. The molecule has 6 heteroatoms. The van der Waals surface area contributed by atoms with E-state index in [1.807, 2.05) is 11.8 Å². The molecule has 2 aromatic heterocycles. The van der Waals surface area contributed by atoms with Crippen LogP contribution in [0.5, 0.6) is 0 Å². The molecule has 2 aromatic rings. The fourth-order valence-corrected chi connectivity index (χ4v) is 5.95. The Morgan fingerprint density at radius 2 is 2.12 bits per heavy atom. The zero-order valence-corrected chi connectivity index (χ0v) is 15.9. The van der Waals surface area contributed by atoms with E-state index < -0.39 is 0 Å². The number of amides is 1. The summed E-state index contributed by atoms with van der Waals surface area (Å²) < 4.78 is 0. The second-order valence-electron chi connectivity index (χ2n) is 7.88. The number of hydrogen-bond acceptors (Lipinski definition) is 5. The number of hydrogen-bond donors (Lipinski definition) is 1. The molecule has 2 bridgehead atoms. The molecule has 1 saturated carbocycles. The summed E-state index contributed by atoms with van der Waals surface area (Å²) in [6.07, 6.45) is 11.2. The summed E-state index contributed by atoms with van der Waals surface area (Å²) in [6, 6.07) is 0. The lowest BCUT2D eigenvalue weighted by molar-refractivity contribution is 0.0797. The van der Waals surface area contributed by atoms with Crippen LogP contribution in [0.2, 0.25) is 0 Å². The third-order valence-electron chi connectivity index (χ3n) is 6.26. The fraction of sp³-hybridized carbons (Fsp3) is 0.550. The molecule has 1 saturated heterocycles. The van der Waals surface area contributed by atoms with Gasteiger partial charge in [-0.1, -0.05) is 12.2 Å². The molecule has 0 unspecified atom stereocenters. The standard InChI is InChI=1S/C20H24N4OS/c1-12-16-18(21-10-15-9-13-4-5-14(15)8-13)22-11-23-19(16)26-17(12)20(25)24-6-2-3-7-24/h4-5,11,13-15H,2-3,6-10H2,1H3,(H,21,22,23)/t13-,14+,15-/m1/s1. The Hall–Kier alpha value is -1.95. The van der Waals surface area contributed by atoms with Gasteiger partial charge in [0, 0.05) is 19.6 Å². The first kappa shape index (κ1) is 16.2. The maximum absolute atomic E-state index is 12.9. The van der Waals surface area contributed by atoms with E-state index in [-0.39, 0.29) is 5.91 Å².